The van der Waals surface area contributed by atoms with E-state index in [1.54, 1.807) is 13.8 Å². The molecule has 78 valence electrons. The Hall–Kier alpha value is -0.740. The first-order valence-corrected chi connectivity index (χ1v) is 3.93. The Morgan fingerprint density at radius 1 is 1.38 bits per heavy atom. The van der Waals surface area contributed by atoms with Gasteiger partial charge in [-0.05, 0) is 12.3 Å². The van der Waals surface area contributed by atoms with Crippen LogP contribution in [0.25, 0.3) is 0 Å². The van der Waals surface area contributed by atoms with Crippen LogP contribution < -0.4 is 0 Å². The summed E-state index contributed by atoms with van der Waals surface area (Å²) in [5.41, 5.74) is 0. The van der Waals surface area contributed by atoms with Crippen LogP contribution in [0.4, 0.5) is 13.2 Å². The largest absolute Gasteiger partial charge is 0.469 e. The van der Waals surface area contributed by atoms with Crippen LogP contribution in [0.5, 0.6) is 0 Å². The molecule has 1 atom stereocenters. The van der Waals surface area contributed by atoms with Crippen molar-refractivity contribution in [2.24, 2.45) is 11.8 Å². The summed E-state index contributed by atoms with van der Waals surface area (Å²) in [5, 5.41) is 0. The number of carbonyl (C=O) groups is 1. The van der Waals surface area contributed by atoms with E-state index < -0.39 is 18.1 Å². The number of ether oxygens (including phenoxy) is 1. The van der Waals surface area contributed by atoms with Crippen LogP contribution in [0.15, 0.2) is 0 Å². The van der Waals surface area contributed by atoms with E-state index >= 15 is 0 Å². The molecule has 0 aliphatic heterocycles. The zero-order chi connectivity index (χ0) is 10.6. The molecular formula is C8H13F3O2. The number of alkyl halides is 3. The molecule has 0 saturated carbocycles. The molecule has 0 rings (SSSR count). The molecule has 0 fully saturated rings. The predicted molar refractivity (Wildman–Crippen MR) is 41.0 cm³/mol. The molecule has 2 nitrogen and oxygen atoms in total. The van der Waals surface area contributed by atoms with Crippen LogP contribution in [0, 0.1) is 11.8 Å². The minimum absolute atomic E-state index is 0.189. The minimum atomic E-state index is -4.50. The van der Waals surface area contributed by atoms with E-state index in [0.29, 0.717) is 0 Å². The number of carbonyl (C=O) groups excluding carboxylic acids is 1. The van der Waals surface area contributed by atoms with Crippen molar-refractivity contribution in [3.05, 3.63) is 0 Å². The van der Waals surface area contributed by atoms with Crippen molar-refractivity contribution in [3.63, 3.8) is 0 Å². The third-order valence-electron chi connectivity index (χ3n) is 1.59. The zero-order valence-electron chi connectivity index (χ0n) is 7.81. The van der Waals surface area contributed by atoms with Gasteiger partial charge in [0.2, 0.25) is 0 Å². The predicted octanol–water partition coefficient (Wildman–Crippen LogP) is 2.38. The summed E-state index contributed by atoms with van der Waals surface area (Å²) in [5.74, 6) is -3.38. The van der Waals surface area contributed by atoms with Crippen molar-refractivity contribution < 1.29 is 22.7 Å². The lowest BCUT2D eigenvalue weighted by molar-refractivity contribution is -0.198. The van der Waals surface area contributed by atoms with E-state index in [4.69, 9.17) is 0 Å². The maximum Gasteiger partial charge on any atom is 0.402 e. The second-order valence-corrected chi connectivity index (χ2v) is 3.25. The van der Waals surface area contributed by atoms with Crippen LogP contribution in [-0.2, 0) is 9.53 Å². The second-order valence-electron chi connectivity index (χ2n) is 3.25. The van der Waals surface area contributed by atoms with Crippen LogP contribution in [-0.4, -0.2) is 19.3 Å². The molecule has 0 saturated heterocycles. The van der Waals surface area contributed by atoms with Gasteiger partial charge in [0.25, 0.3) is 0 Å². The van der Waals surface area contributed by atoms with Crippen LogP contribution in [0.1, 0.15) is 20.3 Å². The van der Waals surface area contributed by atoms with Crippen molar-refractivity contribution >= 4 is 5.97 Å². The summed E-state index contributed by atoms with van der Waals surface area (Å²) in [7, 11) is 0.960. The van der Waals surface area contributed by atoms with Gasteiger partial charge in [-0.2, -0.15) is 13.2 Å². The number of rotatable bonds is 3. The number of hydrogen-bond acceptors (Lipinski definition) is 2. The van der Waals surface area contributed by atoms with E-state index in [1.165, 1.54) is 0 Å². The highest BCUT2D eigenvalue weighted by Crippen LogP contribution is 2.31. The molecule has 0 heterocycles. The fourth-order valence-electron chi connectivity index (χ4n) is 0.977. The highest BCUT2D eigenvalue weighted by molar-refractivity contribution is 5.73. The topological polar surface area (TPSA) is 26.3 Å². The van der Waals surface area contributed by atoms with Gasteiger partial charge in [-0.15, -0.1) is 0 Å². The van der Waals surface area contributed by atoms with Crippen molar-refractivity contribution in [3.8, 4) is 0 Å². The Balaban J connectivity index is 4.47. The molecule has 0 aliphatic rings. The number of esters is 1. The van der Waals surface area contributed by atoms with Gasteiger partial charge in [0, 0.05) is 0 Å². The summed E-state index contributed by atoms with van der Waals surface area (Å²) >= 11 is 0. The van der Waals surface area contributed by atoms with Crippen molar-refractivity contribution in [2.75, 3.05) is 7.11 Å². The monoisotopic (exact) mass is 198 g/mol. The first-order chi connectivity index (χ1) is 5.79. The molecule has 0 aromatic heterocycles. The van der Waals surface area contributed by atoms with Crippen molar-refractivity contribution in [2.45, 2.75) is 26.4 Å². The summed E-state index contributed by atoms with van der Waals surface area (Å²) in [6, 6.07) is 0. The standard InChI is InChI=1S/C8H13F3O2/c1-5(2)4-6(7(12)13-3)8(9,10)11/h5-6H,4H2,1-3H3/t6-/m1/s1. The van der Waals surface area contributed by atoms with Crippen LogP contribution in [0.2, 0.25) is 0 Å². The lowest BCUT2D eigenvalue weighted by atomic mass is 9.97. The molecule has 13 heavy (non-hydrogen) atoms. The Morgan fingerprint density at radius 3 is 2.08 bits per heavy atom. The highest BCUT2D eigenvalue weighted by atomic mass is 19.4. The Labute approximate surface area is 75.1 Å². The molecule has 0 bridgehead atoms. The average molecular weight is 198 g/mol. The third-order valence-corrected chi connectivity index (χ3v) is 1.59. The van der Waals surface area contributed by atoms with E-state index in [0.717, 1.165) is 7.11 Å². The quantitative estimate of drug-likeness (QED) is 0.651. The average Bonchev–Trinajstić information content (AvgIpc) is 1.96. The van der Waals surface area contributed by atoms with Crippen molar-refractivity contribution in [1.82, 2.24) is 0 Å². The molecule has 5 heteroatoms. The Kier molecular flexibility index (Phi) is 4.23. The van der Waals surface area contributed by atoms with Gasteiger partial charge in [0.05, 0.1) is 7.11 Å². The first kappa shape index (κ1) is 12.3. The van der Waals surface area contributed by atoms with E-state index in [2.05, 4.69) is 4.74 Å². The number of methoxy groups -OCH3 is 1. The van der Waals surface area contributed by atoms with Gasteiger partial charge < -0.3 is 4.74 Å². The maximum absolute atomic E-state index is 12.2. The van der Waals surface area contributed by atoms with Gasteiger partial charge >= 0.3 is 12.1 Å². The zero-order valence-corrected chi connectivity index (χ0v) is 7.81. The van der Waals surface area contributed by atoms with Crippen LogP contribution >= 0.6 is 0 Å². The lowest BCUT2D eigenvalue weighted by Crippen LogP contribution is -2.32. The second kappa shape index (κ2) is 4.48. The lowest BCUT2D eigenvalue weighted by Gasteiger charge is -2.19. The fraction of sp³-hybridized carbons (Fsp3) is 0.875. The fourth-order valence-corrected chi connectivity index (χ4v) is 0.977. The van der Waals surface area contributed by atoms with Gasteiger partial charge in [0.1, 0.15) is 0 Å². The summed E-state index contributed by atoms with van der Waals surface area (Å²) in [4.78, 5) is 10.8. The van der Waals surface area contributed by atoms with E-state index in [9.17, 15) is 18.0 Å². The number of halogens is 3. The molecule has 0 aliphatic carbocycles. The summed E-state index contributed by atoms with van der Waals surface area (Å²) in [6.07, 6.45) is -4.73. The van der Waals surface area contributed by atoms with Gasteiger partial charge in [-0.3, -0.25) is 4.79 Å². The highest BCUT2D eigenvalue weighted by Gasteiger charge is 2.45. The Bertz CT molecular complexity index is 175. The number of hydrogen-bond donors (Lipinski definition) is 0. The third kappa shape index (κ3) is 4.15. The molecule has 0 spiro atoms. The van der Waals surface area contributed by atoms with Crippen molar-refractivity contribution in [1.29, 1.82) is 0 Å². The molecule has 0 amide bonds. The molecule has 0 unspecified atom stereocenters. The molecule has 0 N–H and O–H groups in total. The summed E-state index contributed by atoms with van der Waals surface area (Å²) in [6.45, 7) is 3.25. The molecule has 0 radical (unpaired) electrons. The molecular weight excluding hydrogens is 185 g/mol. The van der Waals surface area contributed by atoms with Gasteiger partial charge in [-0.1, -0.05) is 13.8 Å². The summed E-state index contributed by atoms with van der Waals surface area (Å²) < 4.78 is 40.7. The molecule has 0 aromatic carbocycles. The van der Waals surface area contributed by atoms with E-state index in [-0.39, 0.29) is 12.3 Å². The van der Waals surface area contributed by atoms with Gasteiger partial charge in [0.15, 0.2) is 5.92 Å². The smallest absolute Gasteiger partial charge is 0.402 e. The first-order valence-electron chi connectivity index (χ1n) is 3.93. The Morgan fingerprint density at radius 2 is 1.85 bits per heavy atom. The SMILES string of the molecule is COC(=O)[C@@H](CC(C)C)C(F)(F)F. The normalized spacial score (nSPS) is 14.4. The maximum atomic E-state index is 12.2. The minimum Gasteiger partial charge on any atom is -0.469 e. The molecule has 0 aromatic rings. The van der Waals surface area contributed by atoms with E-state index in [1.807, 2.05) is 0 Å². The van der Waals surface area contributed by atoms with Gasteiger partial charge in [-0.25, -0.2) is 0 Å². The van der Waals surface area contributed by atoms with Crippen LogP contribution in [0.3, 0.4) is 0 Å².